The summed E-state index contributed by atoms with van der Waals surface area (Å²) >= 11 is 0. The van der Waals surface area contributed by atoms with Crippen LogP contribution in [0.4, 0.5) is 4.39 Å². The number of carboxylic acid groups (broad SMARTS) is 1. The van der Waals surface area contributed by atoms with Gasteiger partial charge in [-0.1, -0.05) is 6.07 Å². The molecule has 33 heavy (non-hydrogen) atoms. The molecule has 0 aliphatic rings. The van der Waals surface area contributed by atoms with Crippen LogP contribution in [0.2, 0.25) is 0 Å². The lowest BCUT2D eigenvalue weighted by Crippen LogP contribution is -2.14. The number of hydrogen-bond donors (Lipinski definition) is 2. The van der Waals surface area contributed by atoms with Crippen LogP contribution in [0.25, 0.3) is 10.9 Å². The molecule has 7 nitrogen and oxygen atoms in total. The molecule has 2 N–H and O–H groups in total. The fourth-order valence-corrected chi connectivity index (χ4v) is 5.30. The van der Waals surface area contributed by atoms with Crippen molar-refractivity contribution in [3.8, 4) is 11.5 Å². The van der Waals surface area contributed by atoms with Crippen molar-refractivity contribution in [2.75, 3.05) is 0 Å². The van der Waals surface area contributed by atoms with Crippen LogP contribution in [0.15, 0.2) is 64.4 Å². The maximum atomic E-state index is 13.2. The van der Waals surface area contributed by atoms with E-state index in [1.807, 2.05) is 19.9 Å². The molecule has 0 saturated carbocycles. The van der Waals surface area contributed by atoms with Crippen molar-refractivity contribution in [2.45, 2.75) is 30.6 Å². The van der Waals surface area contributed by atoms with E-state index in [1.165, 1.54) is 6.07 Å². The van der Waals surface area contributed by atoms with Gasteiger partial charge in [-0.2, -0.15) is 4.73 Å². The molecule has 4 rings (SSSR count). The zero-order chi connectivity index (χ0) is 24.1. The molecule has 0 unspecified atom stereocenters. The Kier molecular flexibility index (Phi) is 5.37. The monoisotopic (exact) mass is 469 g/mol. The second-order valence-electron chi connectivity index (χ2n) is 7.73. The smallest absolute Gasteiger partial charge is 0.356 e. The lowest BCUT2D eigenvalue weighted by Gasteiger charge is -2.13. The summed E-state index contributed by atoms with van der Waals surface area (Å²) in [5, 5.41) is 20.8. The number of aryl methyl sites for hydroxylation is 3. The second-order valence-corrected chi connectivity index (χ2v) is 9.65. The number of nitrogens with zero attached hydrogens (tertiary/aromatic N) is 1. The number of aromatic carboxylic acids is 1. The third kappa shape index (κ3) is 3.80. The molecule has 3 aromatic carbocycles. The fourth-order valence-electron chi connectivity index (χ4n) is 3.94. The highest BCUT2D eigenvalue weighted by Crippen LogP contribution is 2.34. The van der Waals surface area contributed by atoms with Gasteiger partial charge in [0, 0.05) is 11.5 Å². The molecule has 1 heterocycles. The number of hydrogen-bond acceptors (Lipinski definition) is 5. The van der Waals surface area contributed by atoms with E-state index in [2.05, 4.69) is 0 Å². The summed E-state index contributed by atoms with van der Waals surface area (Å²) < 4.78 is 40.4. The minimum atomic E-state index is -4.20. The number of rotatable bonds is 5. The summed E-state index contributed by atoms with van der Waals surface area (Å²) in [7, 11) is -4.20. The molecule has 0 atom stereocenters. The SMILES string of the molecule is Cc1cc(C)c2c(C)c(C(=O)O)n(Oc3ccc(O)c(S(=O)(=O)c4ccc(F)cc4)c3)c2c1. The molecule has 170 valence electrons. The van der Waals surface area contributed by atoms with E-state index >= 15 is 0 Å². The number of aromatic hydroxyl groups is 1. The van der Waals surface area contributed by atoms with E-state index in [0.29, 0.717) is 11.1 Å². The minimum Gasteiger partial charge on any atom is -0.507 e. The number of phenols is 1. The molecule has 0 saturated heterocycles. The van der Waals surface area contributed by atoms with Crippen molar-refractivity contribution in [1.29, 1.82) is 0 Å². The average molecular weight is 469 g/mol. The molecule has 1 aromatic heterocycles. The van der Waals surface area contributed by atoms with Crippen LogP contribution in [-0.2, 0) is 9.84 Å². The van der Waals surface area contributed by atoms with Gasteiger partial charge in [0.25, 0.3) is 0 Å². The zero-order valence-corrected chi connectivity index (χ0v) is 18.8. The van der Waals surface area contributed by atoms with Gasteiger partial charge < -0.3 is 15.1 Å². The van der Waals surface area contributed by atoms with E-state index in [4.69, 9.17) is 4.84 Å². The molecule has 4 aromatic rings. The maximum absolute atomic E-state index is 13.2. The van der Waals surface area contributed by atoms with Crippen LogP contribution >= 0.6 is 0 Å². The Balaban J connectivity index is 1.87. The molecule has 0 spiro atoms. The van der Waals surface area contributed by atoms with Crippen LogP contribution < -0.4 is 4.84 Å². The van der Waals surface area contributed by atoms with Crippen LogP contribution in [0.3, 0.4) is 0 Å². The van der Waals surface area contributed by atoms with Gasteiger partial charge in [-0.05, 0) is 79.9 Å². The second kappa shape index (κ2) is 7.93. The number of fused-ring (bicyclic) bond motifs is 1. The number of halogens is 1. The molecule has 0 amide bonds. The summed E-state index contributed by atoms with van der Waals surface area (Å²) in [5.41, 5.74) is 2.68. The third-order valence-corrected chi connectivity index (χ3v) is 7.15. The number of sulfone groups is 1. The first kappa shape index (κ1) is 22.3. The first-order valence-corrected chi connectivity index (χ1v) is 11.4. The third-order valence-electron chi connectivity index (χ3n) is 5.36. The highest BCUT2D eigenvalue weighted by Gasteiger charge is 2.25. The Labute approximate surface area is 189 Å². The number of benzene rings is 3. The number of phenolic OH excluding ortho intramolecular Hbond substituents is 1. The van der Waals surface area contributed by atoms with Crippen LogP contribution in [0.1, 0.15) is 27.2 Å². The van der Waals surface area contributed by atoms with Gasteiger partial charge in [-0.15, -0.1) is 0 Å². The van der Waals surface area contributed by atoms with Crippen molar-refractivity contribution in [3.05, 3.63) is 82.8 Å². The van der Waals surface area contributed by atoms with Crippen LogP contribution in [0.5, 0.6) is 11.5 Å². The minimum absolute atomic E-state index is 0.00736. The average Bonchev–Trinajstić information content (AvgIpc) is 3.01. The van der Waals surface area contributed by atoms with Gasteiger partial charge in [-0.3, -0.25) is 0 Å². The predicted molar refractivity (Wildman–Crippen MR) is 119 cm³/mol. The van der Waals surface area contributed by atoms with Crippen LogP contribution in [0, 0.1) is 26.6 Å². The maximum Gasteiger partial charge on any atom is 0.356 e. The van der Waals surface area contributed by atoms with E-state index in [-0.39, 0.29) is 16.3 Å². The normalized spacial score (nSPS) is 11.6. The highest BCUT2D eigenvalue weighted by molar-refractivity contribution is 7.91. The van der Waals surface area contributed by atoms with E-state index in [9.17, 15) is 27.8 Å². The number of aromatic nitrogens is 1. The zero-order valence-electron chi connectivity index (χ0n) is 18.0. The number of carboxylic acids is 1. The molecule has 9 heteroatoms. The molecule has 0 fully saturated rings. The quantitative estimate of drug-likeness (QED) is 0.408. The summed E-state index contributed by atoms with van der Waals surface area (Å²) in [6.07, 6.45) is 0. The lowest BCUT2D eigenvalue weighted by atomic mass is 10.0. The molecular weight excluding hydrogens is 449 g/mol. The van der Waals surface area contributed by atoms with E-state index in [1.54, 1.807) is 13.0 Å². The van der Waals surface area contributed by atoms with Gasteiger partial charge in [0.2, 0.25) is 9.84 Å². The Morgan fingerprint density at radius 2 is 1.67 bits per heavy atom. The Hall–Kier alpha value is -3.85. The highest BCUT2D eigenvalue weighted by atomic mass is 32.2. The molecular formula is C24H20FNO6S. The van der Waals surface area contributed by atoms with Gasteiger partial charge >= 0.3 is 5.97 Å². The molecule has 0 radical (unpaired) electrons. The first-order valence-electron chi connectivity index (χ1n) is 9.88. The van der Waals surface area contributed by atoms with Crippen molar-refractivity contribution >= 4 is 26.7 Å². The van der Waals surface area contributed by atoms with Crippen molar-refractivity contribution in [3.63, 3.8) is 0 Å². The number of carbonyl (C=O) groups is 1. The van der Waals surface area contributed by atoms with E-state index < -0.39 is 32.3 Å². The Morgan fingerprint density at radius 1 is 1.00 bits per heavy atom. The van der Waals surface area contributed by atoms with Gasteiger partial charge in [0.15, 0.2) is 11.4 Å². The summed E-state index contributed by atoms with van der Waals surface area (Å²) in [5.74, 6) is -2.34. The van der Waals surface area contributed by atoms with Crippen molar-refractivity contribution in [2.24, 2.45) is 0 Å². The van der Waals surface area contributed by atoms with Crippen LogP contribution in [-0.4, -0.2) is 29.3 Å². The van der Waals surface area contributed by atoms with E-state index in [0.717, 1.165) is 57.6 Å². The molecule has 0 bridgehead atoms. The Bertz CT molecular complexity index is 1520. The van der Waals surface area contributed by atoms with Gasteiger partial charge in [0.1, 0.15) is 16.5 Å². The standard InChI is InChI=1S/C24H20FNO6S/c1-13-10-14(2)22-15(3)23(24(28)29)26(19(22)11-13)32-17-6-9-20(27)21(12-17)33(30,31)18-7-4-16(25)5-8-18/h4-12,27H,1-3H3,(H,28,29). The first-order chi connectivity index (χ1) is 15.5. The fraction of sp³-hybridized carbons (Fsp3) is 0.125. The van der Waals surface area contributed by atoms with Crippen molar-refractivity contribution < 1.29 is 32.7 Å². The Morgan fingerprint density at radius 3 is 2.30 bits per heavy atom. The van der Waals surface area contributed by atoms with Gasteiger partial charge in [-0.25, -0.2) is 17.6 Å². The predicted octanol–water partition coefficient (Wildman–Crippen LogP) is 4.78. The molecule has 0 aliphatic carbocycles. The summed E-state index contributed by atoms with van der Waals surface area (Å²) in [4.78, 5) is 17.2. The molecule has 0 aliphatic heterocycles. The van der Waals surface area contributed by atoms with Gasteiger partial charge in [0.05, 0.1) is 10.4 Å². The summed E-state index contributed by atoms with van der Waals surface area (Å²) in [6, 6.07) is 11.5. The summed E-state index contributed by atoms with van der Waals surface area (Å²) in [6.45, 7) is 5.41. The topological polar surface area (TPSA) is 106 Å². The largest absolute Gasteiger partial charge is 0.507 e. The lowest BCUT2D eigenvalue weighted by molar-refractivity contribution is 0.0658. The van der Waals surface area contributed by atoms with Crippen molar-refractivity contribution in [1.82, 2.24) is 4.73 Å².